The minimum Gasteiger partial charge on any atom is -0.367 e. The lowest BCUT2D eigenvalue weighted by Crippen LogP contribution is -2.43. The van der Waals surface area contributed by atoms with Gasteiger partial charge in [0, 0.05) is 6.54 Å². The highest BCUT2D eigenvalue weighted by Crippen LogP contribution is 2.28. The highest BCUT2D eigenvalue weighted by atomic mass is 32.2. The van der Waals surface area contributed by atoms with Crippen LogP contribution in [0.1, 0.15) is 29.9 Å². The van der Waals surface area contributed by atoms with Crippen molar-refractivity contribution in [3.8, 4) is 0 Å². The number of H-pyrrole nitrogens is 2. The average molecular weight is 372 g/mol. The van der Waals surface area contributed by atoms with Gasteiger partial charge in [-0.3, -0.25) is 9.89 Å². The largest absolute Gasteiger partial charge is 0.367 e. The number of nitrogens with zero attached hydrogens (tertiary/aromatic N) is 4. The third-order valence-corrected chi connectivity index (χ3v) is 5.54. The summed E-state index contributed by atoms with van der Waals surface area (Å²) in [5, 5.41) is 6.76. The predicted molar refractivity (Wildman–Crippen MR) is 98.6 cm³/mol. The number of fused-ring (bicyclic) bond motifs is 1. The smallest absolute Gasteiger partial charge is 0.232 e. The summed E-state index contributed by atoms with van der Waals surface area (Å²) in [4.78, 5) is 26.5. The van der Waals surface area contributed by atoms with Crippen molar-refractivity contribution in [2.24, 2.45) is 0 Å². The number of benzene rings is 1. The predicted octanol–water partition coefficient (Wildman–Crippen LogP) is 2.08. The van der Waals surface area contributed by atoms with Crippen LogP contribution in [-0.2, 0) is 9.53 Å². The van der Waals surface area contributed by atoms with Crippen LogP contribution in [0.5, 0.6) is 0 Å². The van der Waals surface area contributed by atoms with E-state index in [1.54, 1.807) is 11.8 Å². The average Bonchev–Trinajstić information content (AvgIpc) is 3.35. The Bertz CT molecular complexity index is 847. The van der Waals surface area contributed by atoms with Gasteiger partial charge in [-0.05, 0) is 19.1 Å². The molecular weight excluding hydrogens is 352 g/mol. The van der Waals surface area contributed by atoms with E-state index in [9.17, 15) is 4.79 Å². The van der Waals surface area contributed by atoms with E-state index < -0.39 is 0 Å². The Hall–Kier alpha value is -2.39. The molecule has 1 aromatic carbocycles. The molecule has 0 saturated carbocycles. The van der Waals surface area contributed by atoms with Crippen LogP contribution in [0.2, 0.25) is 0 Å². The van der Waals surface area contributed by atoms with Crippen molar-refractivity contribution in [2.75, 3.05) is 25.4 Å². The number of para-hydroxylation sites is 2. The molecule has 136 valence electrons. The van der Waals surface area contributed by atoms with Gasteiger partial charge in [0.05, 0.1) is 35.2 Å². The number of imidazole rings is 1. The molecular formula is C17H20N6O2S. The fraction of sp³-hybridized carbons (Fsp3) is 0.412. The van der Waals surface area contributed by atoms with Crippen molar-refractivity contribution < 1.29 is 9.53 Å². The lowest BCUT2D eigenvalue weighted by atomic mass is 10.2. The summed E-state index contributed by atoms with van der Waals surface area (Å²) < 4.78 is 5.68. The molecule has 4 rings (SSSR count). The van der Waals surface area contributed by atoms with Crippen molar-refractivity contribution in [1.29, 1.82) is 0 Å². The van der Waals surface area contributed by atoms with Gasteiger partial charge in [0.1, 0.15) is 18.3 Å². The molecule has 2 unspecified atom stereocenters. The number of ether oxygens (including phenoxy) is 1. The lowest BCUT2D eigenvalue weighted by Gasteiger charge is -2.32. The van der Waals surface area contributed by atoms with Gasteiger partial charge in [-0.1, -0.05) is 12.1 Å². The van der Waals surface area contributed by atoms with E-state index in [4.69, 9.17) is 4.74 Å². The number of amides is 1. The van der Waals surface area contributed by atoms with Crippen molar-refractivity contribution in [3.05, 3.63) is 42.2 Å². The van der Waals surface area contributed by atoms with Crippen molar-refractivity contribution >= 4 is 28.7 Å². The molecule has 26 heavy (non-hydrogen) atoms. The Morgan fingerprint density at radius 1 is 1.46 bits per heavy atom. The summed E-state index contributed by atoms with van der Waals surface area (Å²) >= 11 is 1.58. The lowest BCUT2D eigenvalue weighted by molar-refractivity contribution is -0.136. The summed E-state index contributed by atoms with van der Waals surface area (Å²) in [6.45, 7) is 3.66. The maximum absolute atomic E-state index is 12.6. The second-order valence-electron chi connectivity index (χ2n) is 6.16. The van der Waals surface area contributed by atoms with Crippen LogP contribution in [0.15, 0.2) is 30.6 Å². The highest BCUT2D eigenvalue weighted by Gasteiger charge is 2.27. The number of carbonyl (C=O) groups is 1. The molecule has 3 aromatic rings. The first-order chi connectivity index (χ1) is 12.7. The Morgan fingerprint density at radius 3 is 3.15 bits per heavy atom. The van der Waals surface area contributed by atoms with Gasteiger partial charge in [-0.25, -0.2) is 9.97 Å². The van der Waals surface area contributed by atoms with E-state index >= 15 is 0 Å². The topological polar surface area (TPSA) is 99.8 Å². The molecule has 2 N–H and O–H groups in total. The van der Waals surface area contributed by atoms with Crippen LogP contribution >= 0.6 is 11.8 Å². The molecule has 0 aliphatic carbocycles. The monoisotopic (exact) mass is 372 g/mol. The van der Waals surface area contributed by atoms with Gasteiger partial charge in [0.15, 0.2) is 5.82 Å². The fourth-order valence-corrected chi connectivity index (χ4v) is 3.79. The van der Waals surface area contributed by atoms with Crippen LogP contribution < -0.4 is 0 Å². The van der Waals surface area contributed by atoms with E-state index in [1.807, 2.05) is 29.2 Å². The molecule has 3 heterocycles. The molecule has 1 aliphatic rings. The van der Waals surface area contributed by atoms with E-state index in [-0.39, 0.29) is 17.3 Å². The number of rotatable bonds is 5. The van der Waals surface area contributed by atoms with Crippen LogP contribution in [0, 0.1) is 0 Å². The first-order valence-electron chi connectivity index (χ1n) is 8.51. The zero-order valence-electron chi connectivity index (χ0n) is 14.4. The molecule has 0 radical (unpaired) electrons. The van der Waals surface area contributed by atoms with Gasteiger partial charge in [-0.2, -0.15) is 5.10 Å². The third kappa shape index (κ3) is 3.58. The van der Waals surface area contributed by atoms with Gasteiger partial charge >= 0.3 is 0 Å². The van der Waals surface area contributed by atoms with Gasteiger partial charge < -0.3 is 14.6 Å². The molecule has 9 heteroatoms. The summed E-state index contributed by atoms with van der Waals surface area (Å²) in [6, 6.07) is 7.94. The van der Waals surface area contributed by atoms with Crippen LogP contribution in [0.25, 0.3) is 11.0 Å². The van der Waals surface area contributed by atoms with Crippen molar-refractivity contribution in [1.82, 2.24) is 30.0 Å². The second-order valence-corrected chi connectivity index (χ2v) is 7.49. The molecule has 1 saturated heterocycles. The molecule has 0 bridgehead atoms. The van der Waals surface area contributed by atoms with Gasteiger partial charge in [0.2, 0.25) is 5.91 Å². The van der Waals surface area contributed by atoms with Crippen LogP contribution in [-0.4, -0.2) is 61.4 Å². The van der Waals surface area contributed by atoms with Crippen LogP contribution in [0.4, 0.5) is 0 Å². The molecule has 1 fully saturated rings. The fourth-order valence-electron chi connectivity index (χ4n) is 2.94. The number of aromatic nitrogens is 5. The molecule has 1 aliphatic heterocycles. The Morgan fingerprint density at radius 2 is 2.35 bits per heavy atom. The van der Waals surface area contributed by atoms with E-state index in [1.165, 1.54) is 6.33 Å². The summed E-state index contributed by atoms with van der Waals surface area (Å²) in [6.07, 6.45) is 1.21. The number of hydrogen-bond donors (Lipinski definition) is 2. The standard InChI is InChI=1S/C17H20N6O2S/c1-11(16-20-12-4-2-3-5-13(12)21-16)26-9-15(24)23-6-7-25-14(8-23)17-18-10-19-22-17/h2-5,10-11,14H,6-9H2,1H3,(H,20,21)(H,18,19,22). The van der Waals surface area contributed by atoms with E-state index in [0.717, 1.165) is 16.9 Å². The Balaban J connectivity index is 1.34. The number of aromatic amines is 2. The maximum atomic E-state index is 12.6. The minimum absolute atomic E-state index is 0.103. The maximum Gasteiger partial charge on any atom is 0.232 e. The second kappa shape index (κ2) is 7.46. The Labute approximate surface area is 154 Å². The van der Waals surface area contributed by atoms with Gasteiger partial charge in [0.25, 0.3) is 0 Å². The minimum atomic E-state index is -0.243. The molecule has 1 amide bonds. The quantitative estimate of drug-likeness (QED) is 0.711. The first kappa shape index (κ1) is 17.0. The Kier molecular flexibility index (Phi) is 4.89. The van der Waals surface area contributed by atoms with Crippen LogP contribution in [0.3, 0.4) is 0 Å². The normalized spacial score (nSPS) is 19.0. The molecule has 0 spiro atoms. The molecule has 8 nitrogen and oxygen atoms in total. The zero-order chi connectivity index (χ0) is 17.9. The number of thioether (sulfide) groups is 1. The van der Waals surface area contributed by atoms with Crippen molar-refractivity contribution in [3.63, 3.8) is 0 Å². The number of morpholine rings is 1. The third-order valence-electron chi connectivity index (χ3n) is 4.41. The summed E-state index contributed by atoms with van der Waals surface area (Å²) in [5.74, 6) is 2.06. The number of hydrogen-bond acceptors (Lipinski definition) is 6. The summed E-state index contributed by atoms with van der Waals surface area (Å²) in [5.41, 5.74) is 1.97. The molecule has 2 aromatic heterocycles. The number of carbonyl (C=O) groups excluding carboxylic acids is 1. The SMILES string of the molecule is CC(SCC(=O)N1CCOC(c2ncn[nH]2)C1)c1nc2ccccc2[nH]1. The van der Waals surface area contributed by atoms with Crippen molar-refractivity contribution in [2.45, 2.75) is 18.3 Å². The zero-order valence-corrected chi connectivity index (χ0v) is 15.2. The number of nitrogens with one attached hydrogen (secondary N) is 2. The molecule has 2 atom stereocenters. The first-order valence-corrected chi connectivity index (χ1v) is 9.56. The van der Waals surface area contributed by atoms with E-state index in [2.05, 4.69) is 32.1 Å². The van der Waals surface area contributed by atoms with Gasteiger partial charge in [-0.15, -0.1) is 11.8 Å². The van der Waals surface area contributed by atoms with E-state index in [0.29, 0.717) is 31.3 Å². The summed E-state index contributed by atoms with van der Waals surface area (Å²) in [7, 11) is 0. The highest BCUT2D eigenvalue weighted by molar-refractivity contribution is 8.00.